The van der Waals surface area contributed by atoms with Crippen molar-refractivity contribution < 1.29 is 5.11 Å². The molecule has 0 bridgehead atoms. The molecule has 0 aromatic rings. The number of hydrogen-bond acceptors (Lipinski definition) is 2. The second-order valence-electron chi connectivity index (χ2n) is 5.86. The summed E-state index contributed by atoms with van der Waals surface area (Å²) in [7, 11) is 2.06. The molecule has 1 N–H and O–H groups in total. The summed E-state index contributed by atoms with van der Waals surface area (Å²) in [6.45, 7) is 12.2. The molecule has 0 aliphatic rings. The fourth-order valence-corrected chi connectivity index (χ4v) is 1.27. The predicted molar refractivity (Wildman–Crippen MR) is 57.9 cm³/mol. The van der Waals surface area contributed by atoms with Crippen LogP contribution in [0.15, 0.2) is 0 Å². The zero-order chi connectivity index (χ0) is 10.7. The topological polar surface area (TPSA) is 23.5 Å². The molecule has 0 saturated carbocycles. The van der Waals surface area contributed by atoms with E-state index >= 15 is 0 Å². The SMILES string of the molecule is CN(CCC(C)(C)C)CC(C)(C)O. The van der Waals surface area contributed by atoms with Gasteiger partial charge in [-0.05, 0) is 39.3 Å². The second-order valence-corrected chi connectivity index (χ2v) is 5.86. The van der Waals surface area contributed by atoms with E-state index in [2.05, 4.69) is 32.7 Å². The lowest BCUT2D eigenvalue weighted by Crippen LogP contribution is -2.37. The van der Waals surface area contributed by atoms with Crippen LogP contribution in [0.1, 0.15) is 41.0 Å². The summed E-state index contributed by atoms with van der Waals surface area (Å²) < 4.78 is 0. The van der Waals surface area contributed by atoms with Crippen LogP contribution in [0, 0.1) is 5.41 Å². The molecule has 0 heterocycles. The lowest BCUT2D eigenvalue weighted by Gasteiger charge is -2.28. The normalized spacial score (nSPS) is 13.8. The first kappa shape index (κ1) is 12.9. The molecular weight excluding hydrogens is 162 g/mol. The lowest BCUT2D eigenvalue weighted by molar-refractivity contribution is 0.0417. The van der Waals surface area contributed by atoms with Crippen molar-refractivity contribution in [1.29, 1.82) is 0 Å². The van der Waals surface area contributed by atoms with Crippen molar-refractivity contribution in [1.82, 2.24) is 4.90 Å². The van der Waals surface area contributed by atoms with Crippen molar-refractivity contribution in [2.45, 2.75) is 46.6 Å². The Morgan fingerprint density at radius 2 is 1.54 bits per heavy atom. The van der Waals surface area contributed by atoms with Crippen LogP contribution < -0.4 is 0 Å². The summed E-state index contributed by atoms with van der Waals surface area (Å²) in [5.41, 5.74) is -0.194. The second kappa shape index (κ2) is 4.43. The molecule has 0 radical (unpaired) electrons. The molecule has 0 aromatic carbocycles. The van der Waals surface area contributed by atoms with Gasteiger partial charge < -0.3 is 10.0 Å². The highest BCUT2D eigenvalue weighted by Gasteiger charge is 2.17. The smallest absolute Gasteiger partial charge is 0.0718 e. The van der Waals surface area contributed by atoms with E-state index in [0.29, 0.717) is 5.41 Å². The molecule has 0 unspecified atom stereocenters. The third kappa shape index (κ3) is 9.84. The van der Waals surface area contributed by atoms with Crippen LogP contribution in [0.2, 0.25) is 0 Å². The largest absolute Gasteiger partial charge is 0.389 e. The third-order valence-corrected chi connectivity index (χ3v) is 1.90. The molecule has 0 aliphatic carbocycles. The van der Waals surface area contributed by atoms with Gasteiger partial charge in [-0.15, -0.1) is 0 Å². The molecule has 0 amide bonds. The van der Waals surface area contributed by atoms with E-state index in [-0.39, 0.29) is 0 Å². The average Bonchev–Trinajstić information content (AvgIpc) is 1.78. The first-order chi connectivity index (χ1) is 5.60. The van der Waals surface area contributed by atoms with Gasteiger partial charge in [0.05, 0.1) is 5.60 Å². The molecular formula is C11H25NO. The van der Waals surface area contributed by atoms with Gasteiger partial charge >= 0.3 is 0 Å². The molecule has 0 aromatic heterocycles. The molecule has 0 saturated heterocycles. The van der Waals surface area contributed by atoms with E-state index in [1.54, 1.807) is 0 Å². The zero-order valence-electron chi connectivity index (χ0n) is 10.0. The maximum atomic E-state index is 9.58. The van der Waals surface area contributed by atoms with E-state index in [4.69, 9.17) is 0 Å². The first-order valence-corrected chi connectivity index (χ1v) is 5.01. The van der Waals surface area contributed by atoms with Gasteiger partial charge in [0.15, 0.2) is 0 Å². The van der Waals surface area contributed by atoms with Gasteiger partial charge in [0.1, 0.15) is 0 Å². The van der Waals surface area contributed by atoms with Crippen molar-refractivity contribution in [3.8, 4) is 0 Å². The summed E-state index contributed by atoms with van der Waals surface area (Å²) in [4.78, 5) is 2.19. The van der Waals surface area contributed by atoms with Crippen LogP contribution in [0.4, 0.5) is 0 Å². The number of aliphatic hydroxyl groups is 1. The zero-order valence-corrected chi connectivity index (χ0v) is 10.0. The standard InChI is InChI=1S/C11H25NO/c1-10(2,3)7-8-12(6)9-11(4,5)13/h13H,7-9H2,1-6H3. The van der Waals surface area contributed by atoms with Crippen molar-refractivity contribution >= 4 is 0 Å². The number of nitrogens with zero attached hydrogens (tertiary/aromatic N) is 1. The van der Waals surface area contributed by atoms with E-state index in [9.17, 15) is 5.11 Å². The lowest BCUT2D eigenvalue weighted by atomic mass is 9.92. The maximum Gasteiger partial charge on any atom is 0.0718 e. The van der Waals surface area contributed by atoms with Crippen molar-refractivity contribution in [3.63, 3.8) is 0 Å². The molecule has 2 heteroatoms. The molecule has 2 nitrogen and oxygen atoms in total. The number of hydrogen-bond donors (Lipinski definition) is 1. The van der Waals surface area contributed by atoms with Gasteiger partial charge in [0, 0.05) is 6.54 Å². The summed E-state index contributed by atoms with van der Waals surface area (Å²) in [5.74, 6) is 0. The van der Waals surface area contributed by atoms with Crippen LogP contribution in [0.25, 0.3) is 0 Å². The Balaban J connectivity index is 3.70. The Bertz CT molecular complexity index is 141. The van der Waals surface area contributed by atoms with Gasteiger partial charge in [0.2, 0.25) is 0 Å². The van der Waals surface area contributed by atoms with Gasteiger partial charge in [-0.3, -0.25) is 0 Å². The molecule has 0 spiro atoms. The molecule has 0 fully saturated rings. The molecule has 0 atom stereocenters. The maximum absolute atomic E-state index is 9.58. The molecule has 0 rings (SSSR count). The fourth-order valence-electron chi connectivity index (χ4n) is 1.27. The van der Waals surface area contributed by atoms with Crippen molar-refractivity contribution in [3.05, 3.63) is 0 Å². The van der Waals surface area contributed by atoms with Crippen molar-refractivity contribution in [2.24, 2.45) is 5.41 Å². The van der Waals surface area contributed by atoms with E-state index in [0.717, 1.165) is 13.1 Å². The minimum Gasteiger partial charge on any atom is -0.389 e. The van der Waals surface area contributed by atoms with Crippen LogP contribution >= 0.6 is 0 Å². The van der Waals surface area contributed by atoms with Crippen LogP contribution in [-0.4, -0.2) is 35.7 Å². The van der Waals surface area contributed by atoms with Gasteiger partial charge in [-0.1, -0.05) is 20.8 Å². The summed E-state index contributed by atoms with van der Waals surface area (Å²) >= 11 is 0. The highest BCUT2D eigenvalue weighted by molar-refractivity contribution is 4.71. The van der Waals surface area contributed by atoms with E-state index in [1.165, 1.54) is 6.42 Å². The van der Waals surface area contributed by atoms with Crippen LogP contribution in [0.5, 0.6) is 0 Å². The number of rotatable bonds is 4. The average molecular weight is 187 g/mol. The summed E-state index contributed by atoms with van der Waals surface area (Å²) in [6, 6.07) is 0. The first-order valence-electron chi connectivity index (χ1n) is 5.01. The third-order valence-electron chi connectivity index (χ3n) is 1.90. The van der Waals surface area contributed by atoms with Gasteiger partial charge in [-0.25, -0.2) is 0 Å². The van der Waals surface area contributed by atoms with Crippen LogP contribution in [-0.2, 0) is 0 Å². The number of likely N-dealkylation sites (N-methyl/N-ethyl adjacent to an activating group) is 1. The Kier molecular flexibility index (Phi) is 4.40. The van der Waals surface area contributed by atoms with Crippen molar-refractivity contribution in [2.75, 3.05) is 20.1 Å². The predicted octanol–water partition coefficient (Wildman–Crippen LogP) is 2.13. The van der Waals surface area contributed by atoms with Gasteiger partial charge in [0.25, 0.3) is 0 Å². The molecule has 0 aliphatic heterocycles. The summed E-state index contributed by atoms with van der Waals surface area (Å²) in [6.07, 6.45) is 1.17. The minimum atomic E-state index is -0.577. The highest BCUT2D eigenvalue weighted by Crippen LogP contribution is 2.18. The molecule has 13 heavy (non-hydrogen) atoms. The monoisotopic (exact) mass is 187 g/mol. The quantitative estimate of drug-likeness (QED) is 0.729. The fraction of sp³-hybridized carbons (Fsp3) is 1.00. The van der Waals surface area contributed by atoms with Gasteiger partial charge in [-0.2, -0.15) is 0 Å². The Morgan fingerprint density at radius 1 is 1.08 bits per heavy atom. The Morgan fingerprint density at radius 3 is 1.85 bits per heavy atom. The summed E-state index contributed by atoms with van der Waals surface area (Å²) in [5, 5.41) is 9.58. The van der Waals surface area contributed by atoms with E-state index in [1.807, 2.05) is 13.8 Å². The minimum absolute atomic E-state index is 0.383. The highest BCUT2D eigenvalue weighted by atomic mass is 16.3. The Labute approximate surface area is 82.9 Å². The van der Waals surface area contributed by atoms with Crippen LogP contribution in [0.3, 0.4) is 0 Å². The van der Waals surface area contributed by atoms with E-state index < -0.39 is 5.60 Å². The Hall–Kier alpha value is -0.0800. The molecule has 80 valence electrons.